The predicted molar refractivity (Wildman–Crippen MR) is 120 cm³/mol. The molecule has 0 aromatic heterocycles. The zero-order chi connectivity index (χ0) is 21.8. The van der Waals surface area contributed by atoms with Crippen LogP contribution < -0.4 is 10.1 Å². The second-order valence-corrected chi connectivity index (χ2v) is 7.49. The van der Waals surface area contributed by atoms with Crippen LogP contribution in [0.3, 0.4) is 0 Å². The summed E-state index contributed by atoms with van der Waals surface area (Å²) < 4.78 is 5.70. The number of ether oxygens (including phenoxy) is 1. The molecule has 0 saturated carbocycles. The van der Waals surface area contributed by atoms with Crippen molar-refractivity contribution in [2.75, 3.05) is 13.2 Å². The topological polar surface area (TPSA) is 58.6 Å². The normalized spacial score (nSPS) is 11.6. The maximum atomic E-state index is 13.1. The fourth-order valence-electron chi connectivity index (χ4n) is 3.25. The van der Waals surface area contributed by atoms with E-state index < -0.39 is 6.04 Å². The molecule has 1 unspecified atom stereocenters. The molecule has 0 aliphatic heterocycles. The van der Waals surface area contributed by atoms with Crippen molar-refractivity contribution in [3.63, 3.8) is 0 Å². The first kappa shape index (κ1) is 23.5. The maximum Gasteiger partial charge on any atom is 0.242 e. The van der Waals surface area contributed by atoms with E-state index in [1.165, 1.54) is 5.56 Å². The summed E-state index contributed by atoms with van der Waals surface area (Å²) in [4.78, 5) is 27.5. The van der Waals surface area contributed by atoms with E-state index in [-0.39, 0.29) is 11.8 Å². The highest BCUT2D eigenvalue weighted by molar-refractivity contribution is 5.87. The monoisotopic (exact) mass is 410 g/mol. The number of carbonyl (C=O) groups is 2. The van der Waals surface area contributed by atoms with E-state index in [0.717, 1.165) is 17.7 Å². The molecule has 1 atom stereocenters. The van der Waals surface area contributed by atoms with E-state index in [4.69, 9.17) is 4.74 Å². The molecule has 0 saturated heterocycles. The lowest BCUT2D eigenvalue weighted by molar-refractivity contribution is -0.141. The largest absolute Gasteiger partial charge is 0.494 e. The highest BCUT2D eigenvalue weighted by Gasteiger charge is 2.28. The van der Waals surface area contributed by atoms with Crippen molar-refractivity contribution >= 4 is 11.8 Å². The van der Waals surface area contributed by atoms with Crippen molar-refractivity contribution in [1.29, 1.82) is 0 Å². The van der Waals surface area contributed by atoms with Gasteiger partial charge >= 0.3 is 0 Å². The van der Waals surface area contributed by atoms with Crippen LogP contribution >= 0.6 is 0 Å². The molecule has 0 radical (unpaired) electrons. The van der Waals surface area contributed by atoms with E-state index in [9.17, 15) is 9.59 Å². The Morgan fingerprint density at radius 3 is 2.37 bits per heavy atom. The third-order valence-electron chi connectivity index (χ3n) is 4.96. The number of benzene rings is 2. The van der Waals surface area contributed by atoms with Gasteiger partial charge in [-0.25, -0.2) is 0 Å². The Bertz CT molecular complexity index is 775. The molecule has 5 heteroatoms. The summed E-state index contributed by atoms with van der Waals surface area (Å²) in [5, 5.41) is 2.94. The molecule has 0 heterocycles. The van der Waals surface area contributed by atoms with Gasteiger partial charge in [-0.05, 0) is 43.9 Å². The Morgan fingerprint density at radius 2 is 1.73 bits per heavy atom. The van der Waals surface area contributed by atoms with Crippen molar-refractivity contribution in [1.82, 2.24) is 10.2 Å². The summed E-state index contributed by atoms with van der Waals surface area (Å²) >= 11 is 0. The number of hydrogen-bond acceptors (Lipinski definition) is 3. The minimum absolute atomic E-state index is 0.0225. The third-order valence-corrected chi connectivity index (χ3v) is 4.96. The molecule has 0 fully saturated rings. The van der Waals surface area contributed by atoms with Crippen LogP contribution in [0.5, 0.6) is 5.75 Å². The van der Waals surface area contributed by atoms with Crippen molar-refractivity contribution in [2.45, 2.75) is 59.0 Å². The first-order valence-corrected chi connectivity index (χ1v) is 10.9. The summed E-state index contributed by atoms with van der Waals surface area (Å²) in [5.41, 5.74) is 2.19. The highest BCUT2D eigenvalue weighted by Crippen LogP contribution is 2.16. The van der Waals surface area contributed by atoms with Gasteiger partial charge in [0.15, 0.2) is 0 Å². The smallest absolute Gasteiger partial charge is 0.242 e. The molecule has 2 amide bonds. The lowest BCUT2D eigenvalue weighted by Crippen LogP contribution is -2.49. The third kappa shape index (κ3) is 7.54. The molecular weight excluding hydrogens is 376 g/mol. The summed E-state index contributed by atoms with van der Waals surface area (Å²) in [6, 6.07) is 17.2. The van der Waals surface area contributed by atoms with Crippen LogP contribution in [-0.2, 0) is 16.1 Å². The average Bonchev–Trinajstić information content (AvgIpc) is 2.77. The fourth-order valence-corrected chi connectivity index (χ4v) is 3.25. The van der Waals surface area contributed by atoms with E-state index in [2.05, 4.69) is 5.32 Å². The van der Waals surface area contributed by atoms with Gasteiger partial charge in [0, 0.05) is 19.5 Å². The van der Waals surface area contributed by atoms with Crippen molar-refractivity contribution in [2.24, 2.45) is 0 Å². The van der Waals surface area contributed by atoms with Gasteiger partial charge in [-0.2, -0.15) is 0 Å². The Kier molecular flexibility index (Phi) is 9.92. The van der Waals surface area contributed by atoms with Crippen molar-refractivity contribution in [3.05, 3.63) is 65.7 Å². The fraction of sp³-hybridized carbons (Fsp3) is 0.440. The predicted octanol–water partition coefficient (Wildman–Crippen LogP) is 4.49. The van der Waals surface area contributed by atoms with Crippen LogP contribution in [0.4, 0.5) is 0 Å². The number of nitrogens with one attached hydrogen (secondary N) is 1. The van der Waals surface area contributed by atoms with E-state index in [1.54, 1.807) is 4.90 Å². The molecule has 2 aromatic rings. The lowest BCUT2D eigenvalue weighted by Gasteiger charge is -2.30. The molecule has 1 N–H and O–H groups in total. The Balaban J connectivity index is 2.03. The van der Waals surface area contributed by atoms with Crippen LogP contribution in [-0.4, -0.2) is 35.9 Å². The van der Waals surface area contributed by atoms with Crippen molar-refractivity contribution in [3.8, 4) is 5.75 Å². The lowest BCUT2D eigenvalue weighted by atomic mass is 10.1. The summed E-state index contributed by atoms with van der Waals surface area (Å²) in [6.07, 6.45) is 2.39. The molecule has 0 bridgehead atoms. The minimum Gasteiger partial charge on any atom is -0.494 e. The molecule has 5 nitrogen and oxygen atoms in total. The maximum absolute atomic E-state index is 13.1. The molecule has 0 aliphatic carbocycles. The molecule has 2 rings (SSSR count). The highest BCUT2D eigenvalue weighted by atomic mass is 16.5. The Hall–Kier alpha value is -2.82. The molecule has 0 spiro atoms. The van der Waals surface area contributed by atoms with Crippen LogP contribution in [0.25, 0.3) is 0 Å². The summed E-state index contributed by atoms with van der Waals surface area (Å²) in [7, 11) is 0. The molecular formula is C25H34N2O3. The summed E-state index contributed by atoms with van der Waals surface area (Å²) in [5.74, 6) is 0.693. The zero-order valence-electron chi connectivity index (χ0n) is 18.4. The van der Waals surface area contributed by atoms with E-state index in [0.29, 0.717) is 39.0 Å². The average molecular weight is 411 g/mol. The minimum atomic E-state index is -0.472. The number of carbonyl (C=O) groups excluding carboxylic acids is 2. The number of hydrogen-bond donors (Lipinski definition) is 1. The molecule has 0 aliphatic rings. The summed E-state index contributed by atoms with van der Waals surface area (Å²) in [6.45, 7) is 7.51. The molecule has 2 aromatic carbocycles. The van der Waals surface area contributed by atoms with Crippen LogP contribution in [0.1, 0.15) is 50.7 Å². The Morgan fingerprint density at radius 1 is 1.03 bits per heavy atom. The molecule has 30 heavy (non-hydrogen) atoms. The number of para-hydroxylation sites is 1. The van der Waals surface area contributed by atoms with Gasteiger partial charge in [-0.3, -0.25) is 9.59 Å². The van der Waals surface area contributed by atoms with Crippen LogP contribution in [0.2, 0.25) is 0 Å². The van der Waals surface area contributed by atoms with Gasteiger partial charge in [0.2, 0.25) is 11.8 Å². The van der Waals surface area contributed by atoms with Gasteiger partial charge in [0.1, 0.15) is 11.8 Å². The van der Waals surface area contributed by atoms with Gasteiger partial charge in [0.05, 0.1) is 6.61 Å². The number of rotatable bonds is 12. The zero-order valence-corrected chi connectivity index (χ0v) is 18.4. The van der Waals surface area contributed by atoms with Gasteiger partial charge in [0.25, 0.3) is 0 Å². The van der Waals surface area contributed by atoms with Crippen molar-refractivity contribution < 1.29 is 14.3 Å². The molecule has 162 valence electrons. The second kappa shape index (κ2) is 12.7. The quantitative estimate of drug-likeness (QED) is 0.525. The van der Waals surface area contributed by atoms with Gasteiger partial charge in [-0.15, -0.1) is 0 Å². The van der Waals surface area contributed by atoms with Gasteiger partial charge < -0.3 is 15.0 Å². The standard InChI is InChI=1S/C25H34N2O3/c1-4-17-26-25(29)23(5-2)27(19-21-15-13-20(3)14-16-21)24(28)12-9-18-30-22-10-7-6-8-11-22/h6-8,10-11,13-16,23H,4-5,9,12,17-19H2,1-3H3,(H,26,29). The first-order chi connectivity index (χ1) is 14.5. The van der Waals surface area contributed by atoms with E-state index >= 15 is 0 Å². The second-order valence-electron chi connectivity index (χ2n) is 7.49. The number of nitrogens with zero attached hydrogens (tertiary/aromatic N) is 1. The van der Waals surface area contributed by atoms with Gasteiger partial charge in [-0.1, -0.05) is 61.9 Å². The first-order valence-electron chi connectivity index (χ1n) is 10.9. The Labute approximate surface area is 180 Å². The van der Waals surface area contributed by atoms with Crippen LogP contribution in [0.15, 0.2) is 54.6 Å². The SMILES string of the molecule is CCCNC(=O)C(CC)N(Cc1ccc(C)cc1)C(=O)CCCOc1ccccc1. The van der Waals surface area contributed by atoms with Crippen LogP contribution in [0, 0.1) is 6.92 Å². The van der Waals surface area contributed by atoms with E-state index in [1.807, 2.05) is 75.4 Å². The number of aryl methyl sites for hydroxylation is 1. The number of amides is 2.